The van der Waals surface area contributed by atoms with E-state index in [0.717, 1.165) is 17.7 Å². The second-order valence-electron chi connectivity index (χ2n) is 4.84. The molecule has 0 spiro atoms. The lowest BCUT2D eigenvalue weighted by molar-refractivity contribution is -0.420. The number of nitrogens with one attached hydrogen (secondary N) is 1. The van der Waals surface area contributed by atoms with Crippen molar-refractivity contribution in [1.82, 2.24) is 0 Å². The van der Waals surface area contributed by atoms with Crippen molar-refractivity contribution in [2.24, 2.45) is 0 Å². The van der Waals surface area contributed by atoms with Crippen molar-refractivity contribution in [3.05, 3.63) is 47.2 Å². The average molecular weight is 258 g/mol. The van der Waals surface area contributed by atoms with Crippen LogP contribution in [0.2, 0.25) is 0 Å². The molecule has 3 heteroatoms. The van der Waals surface area contributed by atoms with Crippen LogP contribution < -0.4 is 4.99 Å². The molecule has 0 unspecified atom stereocenters. The lowest BCUT2D eigenvalue weighted by Gasteiger charge is -2.22. The maximum atomic E-state index is 12.3. The highest BCUT2D eigenvalue weighted by molar-refractivity contribution is 6.21. The fourth-order valence-corrected chi connectivity index (χ4v) is 2.68. The molecule has 0 saturated heterocycles. The molecule has 1 aromatic carbocycles. The Kier molecular flexibility index (Phi) is 4.15. The molecule has 1 aromatic rings. The van der Waals surface area contributed by atoms with E-state index < -0.39 is 0 Å². The number of ketones is 1. The standard InChI is InChI=1S/C16H19NO2/c1-3-13(17-2)16-14(18)9-12(10-15(16)19)11-7-5-4-6-8-11/h4-8,12,18H,3,9-10H2,1-2H3/p+1/t12-/m1/s1. The second kappa shape index (κ2) is 5.83. The fraction of sp³-hybridized carbons (Fsp3) is 0.375. The number of allylic oxidation sites excluding steroid dienone is 2. The van der Waals surface area contributed by atoms with Gasteiger partial charge in [-0.05, 0) is 11.5 Å². The highest BCUT2D eigenvalue weighted by atomic mass is 16.3. The molecule has 0 saturated carbocycles. The van der Waals surface area contributed by atoms with Crippen molar-refractivity contribution in [2.75, 3.05) is 7.05 Å². The van der Waals surface area contributed by atoms with Crippen molar-refractivity contribution in [3.63, 3.8) is 0 Å². The number of benzene rings is 1. The van der Waals surface area contributed by atoms with E-state index in [9.17, 15) is 9.90 Å². The van der Waals surface area contributed by atoms with Crippen LogP contribution in [0.25, 0.3) is 0 Å². The van der Waals surface area contributed by atoms with E-state index in [2.05, 4.69) is 4.99 Å². The Bertz CT molecular complexity index is 529. The van der Waals surface area contributed by atoms with Crippen LogP contribution in [0.3, 0.4) is 0 Å². The van der Waals surface area contributed by atoms with Crippen molar-refractivity contribution in [3.8, 4) is 0 Å². The zero-order valence-corrected chi connectivity index (χ0v) is 11.4. The van der Waals surface area contributed by atoms with Gasteiger partial charge in [-0.25, -0.2) is 4.99 Å². The summed E-state index contributed by atoms with van der Waals surface area (Å²) in [5.41, 5.74) is 2.44. The maximum absolute atomic E-state index is 12.3. The van der Waals surface area contributed by atoms with Crippen LogP contribution in [-0.4, -0.2) is 23.6 Å². The molecular formula is C16H20NO2+. The van der Waals surface area contributed by atoms with E-state index in [1.807, 2.05) is 37.3 Å². The first-order chi connectivity index (χ1) is 9.17. The molecule has 1 atom stereocenters. The van der Waals surface area contributed by atoms with Crippen molar-refractivity contribution in [1.29, 1.82) is 0 Å². The number of carbonyl (C=O) groups excluding carboxylic acids is 1. The SMILES string of the molecule is CCC(=[NH+]C)C1=C(O)C[C@@H](c2ccccc2)CC1=O. The minimum atomic E-state index is 0.0313. The summed E-state index contributed by atoms with van der Waals surface area (Å²) in [4.78, 5) is 15.3. The quantitative estimate of drug-likeness (QED) is 0.807. The van der Waals surface area contributed by atoms with Gasteiger partial charge in [-0.1, -0.05) is 37.3 Å². The molecule has 1 aliphatic carbocycles. The van der Waals surface area contributed by atoms with Crippen LogP contribution in [0, 0.1) is 0 Å². The summed E-state index contributed by atoms with van der Waals surface area (Å²) in [5, 5.41) is 10.2. The molecule has 0 aliphatic heterocycles. The molecular weight excluding hydrogens is 238 g/mol. The number of rotatable bonds is 3. The summed E-state index contributed by atoms with van der Waals surface area (Å²) in [7, 11) is 1.79. The second-order valence-corrected chi connectivity index (χ2v) is 4.84. The number of Topliss-reactive ketones (excluding diaryl/α,β-unsaturated/α-hetero) is 1. The van der Waals surface area contributed by atoms with E-state index in [-0.39, 0.29) is 17.5 Å². The van der Waals surface area contributed by atoms with Crippen molar-refractivity contribution >= 4 is 11.5 Å². The maximum Gasteiger partial charge on any atom is 0.188 e. The minimum Gasteiger partial charge on any atom is -0.511 e. The Morgan fingerprint density at radius 1 is 1.32 bits per heavy atom. The Morgan fingerprint density at radius 2 is 2.00 bits per heavy atom. The summed E-state index contributed by atoms with van der Waals surface area (Å²) in [6, 6.07) is 9.91. The summed E-state index contributed by atoms with van der Waals surface area (Å²) in [6.45, 7) is 1.97. The molecule has 0 heterocycles. The molecule has 19 heavy (non-hydrogen) atoms. The van der Waals surface area contributed by atoms with Gasteiger partial charge < -0.3 is 5.11 Å². The van der Waals surface area contributed by atoms with Gasteiger partial charge in [-0.3, -0.25) is 4.79 Å². The number of hydrogen-bond acceptors (Lipinski definition) is 2. The molecule has 0 bridgehead atoms. The van der Waals surface area contributed by atoms with E-state index in [0.29, 0.717) is 18.4 Å². The van der Waals surface area contributed by atoms with E-state index in [1.165, 1.54) is 0 Å². The molecule has 0 fully saturated rings. The van der Waals surface area contributed by atoms with Gasteiger partial charge in [-0.15, -0.1) is 0 Å². The molecule has 0 radical (unpaired) electrons. The van der Waals surface area contributed by atoms with Gasteiger partial charge in [0.2, 0.25) is 0 Å². The average Bonchev–Trinajstić information content (AvgIpc) is 2.43. The molecule has 2 rings (SSSR count). The predicted molar refractivity (Wildman–Crippen MR) is 75.3 cm³/mol. The third kappa shape index (κ3) is 2.75. The summed E-state index contributed by atoms with van der Waals surface area (Å²) < 4.78 is 0. The van der Waals surface area contributed by atoms with Gasteiger partial charge in [0.25, 0.3) is 0 Å². The molecule has 0 amide bonds. The van der Waals surface area contributed by atoms with Gasteiger partial charge in [0.1, 0.15) is 18.4 Å². The normalized spacial score (nSPS) is 20.8. The smallest absolute Gasteiger partial charge is 0.188 e. The summed E-state index contributed by atoms with van der Waals surface area (Å²) >= 11 is 0. The Morgan fingerprint density at radius 3 is 2.53 bits per heavy atom. The zero-order chi connectivity index (χ0) is 13.8. The topological polar surface area (TPSA) is 51.3 Å². The van der Waals surface area contributed by atoms with E-state index in [1.54, 1.807) is 7.05 Å². The predicted octanol–water partition coefficient (Wildman–Crippen LogP) is 1.51. The molecule has 2 N–H and O–H groups in total. The first-order valence-electron chi connectivity index (χ1n) is 6.71. The number of hydrogen-bond donors (Lipinski definition) is 2. The van der Waals surface area contributed by atoms with Crippen molar-refractivity contribution in [2.45, 2.75) is 32.1 Å². The van der Waals surface area contributed by atoms with Crippen LogP contribution in [0.1, 0.15) is 37.7 Å². The highest BCUT2D eigenvalue weighted by Gasteiger charge is 2.32. The van der Waals surface area contributed by atoms with Crippen LogP contribution in [0.5, 0.6) is 0 Å². The van der Waals surface area contributed by atoms with Crippen LogP contribution in [-0.2, 0) is 4.79 Å². The number of aliphatic hydroxyl groups excluding tert-OH is 1. The largest absolute Gasteiger partial charge is 0.511 e. The van der Waals surface area contributed by atoms with Crippen LogP contribution in [0.4, 0.5) is 0 Å². The van der Waals surface area contributed by atoms with Crippen LogP contribution in [0.15, 0.2) is 41.7 Å². The molecule has 0 aromatic heterocycles. The monoisotopic (exact) mass is 258 g/mol. The van der Waals surface area contributed by atoms with Gasteiger partial charge in [0, 0.05) is 19.3 Å². The summed E-state index contributed by atoms with van der Waals surface area (Å²) in [5.74, 6) is 0.340. The minimum absolute atomic E-state index is 0.0313. The molecule has 100 valence electrons. The lowest BCUT2D eigenvalue weighted by atomic mass is 9.81. The van der Waals surface area contributed by atoms with Crippen LogP contribution >= 0.6 is 0 Å². The Balaban J connectivity index is 2.31. The van der Waals surface area contributed by atoms with Gasteiger partial charge >= 0.3 is 0 Å². The first-order valence-corrected chi connectivity index (χ1v) is 6.71. The Labute approximate surface area is 113 Å². The molecule has 1 aliphatic rings. The molecule has 3 nitrogen and oxygen atoms in total. The van der Waals surface area contributed by atoms with E-state index in [4.69, 9.17) is 0 Å². The zero-order valence-electron chi connectivity index (χ0n) is 11.4. The highest BCUT2D eigenvalue weighted by Crippen LogP contribution is 2.33. The fourth-order valence-electron chi connectivity index (χ4n) is 2.68. The number of carbonyl (C=O) groups is 1. The Hall–Kier alpha value is -1.90. The van der Waals surface area contributed by atoms with Gasteiger partial charge in [0.05, 0.1) is 0 Å². The summed E-state index contributed by atoms with van der Waals surface area (Å²) in [6.07, 6.45) is 1.72. The van der Waals surface area contributed by atoms with Crippen molar-refractivity contribution < 1.29 is 14.9 Å². The van der Waals surface area contributed by atoms with E-state index >= 15 is 0 Å². The van der Waals surface area contributed by atoms with Gasteiger partial charge in [0.15, 0.2) is 11.5 Å². The first kappa shape index (κ1) is 13.5. The lowest BCUT2D eigenvalue weighted by Crippen LogP contribution is -2.68. The number of aliphatic hydroxyl groups is 1. The van der Waals surface area contributed by atoms with Gasteiger partial charge in [-0.2, -0.15) is 0 Å². The third-order valence-electron chi connectivity index (χ3n) is 3.67. The third-order valence-corrected chi connectivity index (χ3v) is 3.67.